The second kappa shape index (κ2) is 7.20. The molecule has 5 aromatic rings. The first-order valence-corrected chi connectivity index (χ1v) is 9.98. The Bertz CT molecular complexity index is 1400. The van der Waals surface area contributed by atoms with Gasteiger partial charge in [0.25, 0.3) is 0 Å². The fourth-order valence-corrected chi connectivity index (χ4v) is 3.86. The molecular weight excluding hydrogens is 400 g/mol. The molecule has 0 aliphatic heterocycles. The van der Waals surface area contributed by atoms with Crippen LogP contribution in [0, 0.1) is 6.92 Å². The number of aromatic nitrogens is 6. The lowest BCUT2D eigenvalue weighted by Crippen LogP contribution is -2.19. The molecule has 0 spiro atoms. The minimum atomic E-state index is -0.304. The molecule has 8 nitrogen and oxygen atoms in total. The lowest BCUT2D eigenvalue weighted by atomic mass is 10.1. The molecule has 0 aliphatic rings. The summed E-state index contributed by atoms with van der Waals surface area (Å²) in [4.78, 5) is 13.3. The zero-order valence-corrected chi connectivity index (χ0v) is 17.0. The number of nitrogens with zero attached hydrogens (tertiary/aromatic N) is 5. The fourth-order valence-electron chi connectivity index (χ4n) is 3.06. The number of fused-ring (bicyclic) bond motifs is 1. The van der Waals surface area contributed by atoms with Crippen LogP contribution in [0.25, 0.3) is 38.2 Å². The zero-order chi connectivity index (χ0) is 20.7. The van der Waals surface area contributed by atoms with Crippen LogP contribution in [0.15, 0.2) is 59.4 Å². The molecule has 0 fully saturated rings. The third-order valence-corrected chi connectivity index (χ3v) is 5.64. The Balaban J connectivity index is 1.52. The maximum atomic E-state index is 12.9. The largest absolute Gasteiger partial charge is 0.497 e. The summed E-state index contributed by atoms with van der Waals surface area (Å²) in [5.41, 5.74) is 4.20. The topological polar surface area (TPSA) is 98.1 Å². The summed E-state index contributed by atoms with van der Waals surface area (Å²) in [5.74, 6) is 0.781. The van der Waals surface area contributed by atoms with E-state index in [1.165, 1.54) is 15.9 Å². The van der Waals surface area contributed by atoms with Gasteiger partial charge in [-0.1, -0.05) is 41.2 Å². The molecule has 0 saturated carbocycles. The Kier molecular flexibility index (Phi) is 4.36. The van der Waals surface area contributed by atoms with Gasteiger partial charge in [0.2, 0.25) is 4.96 Å². The molecule has 3 aromatic heterocycles. The van der Waals surface area contributed by atoms with Crippen molar-refractivity contribution in [1.29, 1.82) is 0 Å². The van der Waals surface area contributed by atoms with Crippen LogP contribution in [-0.4, -0.2) is 37.1 Å². The van der Waals surface area contributed by atoms with Crippen LogP contribution in [0.1, 0.15) is 5.56 Å². The Hall–Kier alpha value is -3.85. The van der Waals surface area contributed by atoms with Crippen molar-refractivity contribution in [3.63, 3.8) is 0 Å². The number of hydrogen-bond donors (Lipinski definition) is 1. The average Bonchev–Trinajstić information content (AvgIpc) is 3.43. The monoisotopic (exact) mass is 416 g/mol. The van der Waals surface area contributed by atoms with Gasteiger partial charge in [0, 0.05) is 11.1 Å². The summed E-state index contributed by atoms with van der Waals surface area (Å²) in [5, 5.41) is 20.7. The lowest BCUT2D eigenvalue weighted by molar-refractivity contribution is 0.415. The maximum Gasteiger partial charge on any atom is 0.302 e. The molecule has 0 atom stereocenters. The standard InChI is InChI=1S/C21H16N6O2S/c1-12-3-5-14(6-4-12)18-20(28)27-21(25-24-18)30-19(26-27)17-11-16(22-23-17)13-7-9-15(29-2)10-8-13/h3-11H,1-2H3,(H,22,23). The predicted octanol–water partition coefficient (Wildman–Crippen LogP) is 3.59. The van der Waals surface area contributed by atoms with Crippen molar-refractivity contribution in [3.8, 4) is 39.0 Å². The van der Waals surface area contributed by atoms with Crippen molar-refractivity contribution in [2.75, 3.05) is 7.11 Å². The zero-order valence-electron chi connectivity index (χ0n) is 16.2. The molecule has 2 aromatic carbocycles. The van der Waals surface area contributed by atoms with Crippen molar-refractivity contribution in [3.05, 3.63) is 70.5 Å². The van der Waals surface area contributed by atoms with E-state index in [1.807, 2.05) is 61.5 Å². The molecule has 5 rings (SSSR count). The van der Waals surface area contributed by atoms with Gasteiger partial charge in [-0.3, -0.25) is 9.89 Å². The summed E-state index contributed by atoms with van der Waals surface area (Å²) in [6.07, 6.45) is 0. The molecule has 148 valence electrons. The van der Waals surface area contributed by atoms with Crippen LogP contribution in [0.4, 0.5) is 0 Å². The summed E-state index contributed by atoms with van der Waals surface area (Å²) >= 11 is 1.27. The highest BCUT2D eigenvalue weighted by Crippen LogP contribution is 2.27. The van der Waals surface area contributed by atoms with Gasteiger partial charge in [0.15, 0.2) is 10.7 Å². The third-order valence-electron chi connectivity index (χ3n) is 4.71. The van der Waals surface area contributed by atoms with Crippen LogP contribution in [0.3, 0.4) is 0 Å². The number of ether oxygens (including phenoxy) is 1. The number of nitrogens with one attached hydrogen (secondary N) is 1. The average molecular weight is 416 g/mol. The van der Waals surface area contributed by atoms with Crippen molar-refractivity contribution in [2.45, 2.75) is 6.92 Å². The van der Waals surface area contributed by atoms with Gasteiger partial charge in [0.1, 0.15) is 5.75 Å². The normalized spacial score (nSPS) is 11.1. The van der Waals surface area contributed by atoms with Gasteiger partial charge >= 0.3 is 5.56 Å². The lowest BCUT2D eigenvalue weighted by Gasteiger charge is -1.99. The molecule has 0 unspecified atom stereocenters. The van der Waals surface area contributed by atoms with E-state index in [2.05, 4.69) is 25.5 Å². The smallest absolute Gasteiger partial charge is 0.302 e. The number of aryl methyl sites for hydroxylation is 1. The Morgan fingerprint density at radius 2 is 1.73 bits per heavy atom. The number of methoxy groups -OCH3 is 1. The van der Waals surface area contributed by atoms with Crippen LogP contribution in [-0.2, 0) is 0 Å². The van der Waals surface area contributed by atoms with E-state index in [-0.39, 0.29) is 11.3 Å². The van der Waals surface area contributed by atoms with Gasteiger partial charge < -0.3 is 4.74 Å². The Morgan fingerprint density at radius 3 is 2.47 bits per heavy atom. The van der Waals surface area contributed by atoms with Gasteiger partial charge in [0.05, 0.1) is 18.5 Å². The third kappa shape index (κ3) is 3.15. The highest BCUT2D eigenvalue weighted by atomic mass is 32.1. The minimum absolute atomic E-state index is 0.271. The van der Waals surface area contributed by atoms with Gasteiger partial charge in [-0.2, -0.15) is 9.61 Å². The van der Waals surface area contributed by atoms with Crippen LogP contribution in [0.5, 0.6) is 5.75 Å². The van der Waals surface area contributed by atoms with Gasteiger partial charge in [-0.25, -0.2) is 0 Å². The van der Waals surface area contributed by atoms with E-state index in [0.717, 1.165) is 22.6 Å². The molecule has 0 amide bonds. The van der Waals surface area contributed by atoms with Crippen LogP contribution < -0.4 is 10.3 Å². The minimum Gasteiger partial charge on any atom is -0.497 e. The summed E-state index contributed by atoms with van der Waals surface area (Å²) in [7, 11) is 1.63. The molecule has 9 heteroatoms. The number of hydrogen-bond acceptors (Lipinski definition) is 7. The SMILES string of the molecule is COc1ccc(-c2cc(-c3nn4c(=O)c(-c5ccc(C)cc5)nnc4s3)[nH]n2)cc1. The van der Waals surface area contributed by atoms with E-state index in [1.54, 1.807) is 7.11 Å². The maximum absolute atomic E-state index is 12.9. The van der Waals surface area contributed by atoms with Crippen LogP contribution in [0.2, 0.25) is 0 Å². The van der Waals surface area contributed by atoms with E-state index < -0.39 is 0 Å². The Morgan fingerprint density at radius 1 is 1.00 bits per heavy atom. The number of rotatable bonds is 4. The first-order chi connectivity index (χ1) is 14.6. The molecule has 0 saturated heterocycles. The van der Waals surface area contributed by atoms with E-state index in [0.29, 0.717) is 21.2 Å². The quantitative estimate of drug-likeness (QED) is 0.481. The number of H-pyrrole nitrogens is 1. The molecule has 0 aliphatic carbocycles. The van der Waals surface area contributed by atoms with Crippen molar-refractivity contribution < 1.29 is 4.74 Å². The summed E-state index contributed by atoms with van der Waals surface area (Å²) < 4.78 is 6.48. The van der Waals surface area contributed by atoms with E-state index >= 15 is 0 Å². The van der Waals surface area contributed by atoms with Crippen molar-refractivity contribution >= 4 is 16.3 Å². The first-order valence-electron chi connectivity index (χ1n) is 9.16. The van der Waals surface area contributed by atoms with Crippen molar-refractivity contribution in [2.24, 2.45) is 0 Å². The molecule has 0 radical (unpaired) electrons. The van der Waals surface area contributed by atoms with E-state index in [9.17, 15) is 4.79 Å². The Labute approximate surface area is 174 Å². The highest BCUT2D eigenvalue weighted by molar-refractivity contribution is 7.19. The fraction of sp³-hybridized carbons (Fsp3) is 0.0952. The van der Waals surface area contributed by atoms with Crippen LogP contribution >= 0.6 is 11.3 Å². The molecule has 0 bridgehead atoms. The van der Waals surface area contributed by atoms with E-state index in [4.69, 9.17) is 4.74 Å². The number of benzene rings is 2. The predicted molar refractivity (Wildman–Crippen MR) is 115 cm³/mol. The molecule has 1 N–H and O–H groups in total. The summed E-state index contributed by atoms with van der Waals surface area (Å²) in [6.45, 7) is 1.99. The van der Waals surface area contributed by atoms with Crippen molar-refractivity contribution in [1.82, 2.24) is 30.0 Å². The molecular formula is C21H16N6O2S. The first kappa shape index (κ1) is 18.2. The van der Waals surface area contributed by atoms with Gasteiger partial charge in [-0.05, 0) is 37.3 Å². The second-order valence-electron chi connectivity index (χ2n) is 6.72. The summed E-state index contributed by atoms with van der Waals surface area (Å²) in [6, 6.07) is 17.1. The molecule has 30 heavy (non-hydrogen) atoms. The number of aromatic amines is 1. The second-order valence-corrected chi connectivity index (χ2v) is 7.67. The highest BCUT2D eigenvalue weighted by Gasteiger charge is 2.16. The van der Waals surface area contributed by atoms with Gasteiger partial charge in [-0.15, -0.1) is 15.3 Å². The molecule has 3 heterocycles.